The average molecular weight is 387 g/mol. The minimum absolute atomic E-state index is 0.0253. The molecule has 5 nitrogen and oxygen atoms in total. The Bertz CT molecular complexity index is 800. The number of piperidine rings is 1. The van der Waals surface area contributed by atoms with E-state index in [2.05, 4.69) is 27.0 Å². The van der Waals surface area contributed by atoms with Crippen LogP contribution in [0.15, 0.2) is 35.0 Å². The number of carbonyl (C=O) groups excluding carboxylic acids is 1. The summed E-state index contributed by atoms with van der Waals surface area (Å²) in [6.07, 6.45) is 3.37. The second-order valence-corrected chi connectivity index (χ2v) is 8.22. The van der Waals surface area contributed by atoms with Crippen LogP contribution in [0, 0.1) is 5.41 Å². The average Bonchev–Trinajstić information content (AvgIpc) is 3.14. The normalized spacial score (nSPS) is 20.3. The van der Waals surface area contributed by atoms with E-state index in [1.54, 1.807) is 25.6 Å². The minimum atomic E-state index is 0.0253. The Morgan fingerprint density at radius 3 is 2.74 bits per heavy atom. The second-order valence-electron chi connectivity index (χ2n) is 7.44. The molecule has 1 saturated carbocycles. The number of carbonyl (C=O) groups is 1. The Labute approximate surface area is 164 Å². The highest BCUT2D eigenvalue weighted by molar-refractivity contribution is 7.07. The molecule has 1 saturated heterocycles. The first kappa shape index (κ1) is 18.3. The standard InChI is InChI=1S/C21H26N2O3S/c1-25-17-5-3-4-16(19(17)26-2)20(24)23(13-15-6-11-27-14-15)18-12-21(18)7-9-22-10-8-21/h3-6,11,14,18,22H,7-10,12-13H2,1-2H3. The Balaban J connectivity index is 1.66. The first-order chi connectivity index (χ1) is 13.2. The predicted octanol–water partition coefficient (Wildman–Crippen LogP) is 3.55. The summed E-state index contributed by atoms with van der Waals surface area (Å²) in [7, 11) is 3.18. The van der Waals surface area contributed by atoms with Gasteiger partial charge in [0.15, 0.2) is 11.5 Å². The van der Waals surface area contributed by atoms with Crippen molar-refractivity contribution in [2.24, 2.45) is 5.41 Å². The third-order valence-electron chi connectivity index (χ3n) is 5.95. The van der Waals surface area contributed by atoms with Gasteiger partial charge in [-0.05, 0) is 72.3 Å². The molecule has 1 amide bonds. The van der Waals surface area contributed by atoms with Gasteiger partial charge in [-0.25, -0.2) is 0 Å². The number of amides is 1. The van der Waals surface area contributed by atoms with Crippen LogP contribution in [0.2, 0.25) is 0 Å². The summed E-state index contributed by atoms with van der Waals surface area (Å²) in [5.74, 6) is 1.13. The molecule has 1 unspecified atom stereocenters. The maximum Gasteiger partial charge on any atom is 0.258 e. The van der Waals surface area contributed by atoms with Gasteiger partial charge >= 0.3 is 0 Å². The van der Waals surface area contributed by atoms with Gasteiger partial charge in [-0.15, -0.1) is 0 Å². The highest BCUT2D eigenvalue weighted by Crippen LogP contribution is 2.56. The summed E-state index contributed by atoms with van der Waals surface area (Å²) in [6, 6.07) is 7.91. The maximum absolute atomic E-state index is 13.6. The Kier molecular flexibility index (Phi) is 5.10. The van der Waals surface area contributed by atoms with Gasteiger partial charge in [0.1, 0.15) is 0 Å². The number of benzene rings is 1. The fraction of sp³-hybridized carbons (Fsp3) is 0.476. The summed E-state index contributed by atoms with van der Waals surface area (Å²) < 4.78 is 10.9. The molecular formula is C21H26N2O3S. The van der Waals surface area contributed by atoms with E-state index in [0.29, 0.717) is 29.6 Å². The molecule has 27 heavy (non-hydrogen) atoms. The zero-order chi connectivity index (χ0) is 18.9. The third kappa shape index (κ3) is 3.44. The van der Waals surface area contributed by atoms with Crippen molar-refractivity contribution >= 4 is 17.2 Å². The number of ether oxygens (including phenoxy) is 2. The first-order valence-corrected chi connectivity index (χ1v) is 10.4. The number of nitrogens with zero attached hydrogens (tertiary/aromatic N) is 1. The van der Waals surface area contributed by atoms with Crippen LogP contribution in [0.25, 0.3) is 0 Å². The van der Waals surface area contributed by atoms with Crippen LogP contribution in [0.1, 0.15) is 35.2 Å². The molecule has 1 aromatic carbocycles. The van der Waals surface area contributed by atoms with E-state index in [4.69, 9.17) is 9.47 Å². The van der Waals surface area contributed by atoms with Gasteiger partial charge < -0.3 is 19.7 Å². The molecule has 144 valence electrons. The number of methoxy groups -OCH3 is 2. The Hall–Kier alpha value is -2.05. The first-order valence-electron chi connectivity index (χ1n) is 9.42. The molecule has 2 heterocycles. The van der Waals surface area contributed by atoms with E-state index >= 15 is 0 Å². The van der Waals surface area contributed by atoms with Gasteiger partial charge in [0.25, 0.3) is 5.91 Å². The fourth-order valence-electron chi connectivity index (χ4n) is 4.34. The number of hydrogen-bond acceptors (Lipinski definition) is 5. The van der Waals surface area contributed by atoms with Crippen LogP contribution in [0.5, 0.6) is 11.5 Å². The summed E-state index contributed by atoms with van der Waals surface area (Å²) in [4.78, 5) is 15.7. The molecule has 1 spiro atoms. The van der Waals surface area contributed by atoms with Gasteiger partial charge in [-0.1, -0.05) is 6.07 Å². The van der Waals surface area contributed by atoms with Crippen molar-refractivity contribution in [1.29, 1.82) is 0 Å². The smallest absolute Gasteiger partial charge is 0.258 e. The molecule has 2 fully saturated rings. The van der Waals surface area contributed by atoms with Gasteiger partial charge in [0, 0.05) is 12.6 Å². The van der Waals surface area contributed by atoms with E-state index in [-0.39, 0.29) is 11.3 Å². The molecule has 1 aliphatic carbocycles. The lowest BCUT2D eigenvalue weighted by molar-refractivity contribution is 0.0688. The molecule has 1 aromatic heterocycles. The SMILES string of the molecule is COc1cccc(C(=O)N(Cc2ccsc2)C2CC23CCNCC3)c1OC. The van der Waals surface area contributed by atoms with Crippen molar-refractivity contribution in [3.63, 3.8) is 0 Å². The molecule has 1 N–H and O–H groups in total. The fourth-order valence-corrected chi connectivity index (χ4v) is 5.00. The summed E-state index contributed by atoms with van der Waals surface area (Å²) in [5, 5.41) is 7.63. The van der Waals surface area contributed by atoms with E-state index in [9.17, 15) is 4.79 Å². The Morgan fingerprint density at radius 1 is 1.26 bits per heavy atom. The van der Waals surface area contributed by atoms with Gasteiger partial charge in [-0.2, -0.15) is 11.3 Å². The summed E-state index contributed by atoms with van der Waals surface area (Å²) >= 11 is 1.67. The molecule has 0 bridgehead atoms. The van der Waals surface area contributed by atoms with Crippen LogP contribution in [-0.4, -0.2) is 44.2 Å². The highest BCUT2D eigenvalue weighted by Gasteiger charge is 2.58. The van der Waals surface area contributed by atoms with Crippen molar-refractivity contribution in [3.05, 3.63) is 46.2 Å². The zero-order valence-corrected chi connectivity index (χ0v) is 16.7. The number of nitrogens with one attached hydrogen (secondary N) is 1. The lowest BCUT2D eigenvalue weighted by atomic mass is 9.93. The van der Waals surface area contributed by atoms with Gasteiger partial charge in [-0.3, -0.25) is 4.79 Å². The summed E-state index contributed by atoms with van der Waals surface area (Å²) in [5.41, 5.74) is 2.04. The predicted molar refractivity (Wildman–Crippen MR) is 107 cm³/mol. The van der Waals surface area contributed by atoms with Crippen molar-refractivity contribution in [3.8, 4) is 11.5 Å². The molecule has 1 atom stereocenters. The monoisotopic (exact) mass is 386 g/mol. The van der Waals surface area contributed by atoms with E-state index < -0.39 is 0 Å². The van der Waals surface area contributed by atoms with Gasteiger partial charge in [0.05, 0.1) is 19.8 Å². The van der Waals surface area contributed by atoms with E-state index in [0.717, 1.165) is 32.4 Å². The number of rotatable bonds is 6. The number of para-hydroxylation sites is 1. The van der Waals surface area contributed by atoms with Crippen molar-refractivity contribution < 1.29 is 14.3 Å². The number of thiophene rings is 1. The lowest BCUT2D eigenvalue weighted by Crippen LogP contribution is -2.39. The van der Waals surface area contributed by atoms with Crippen molar-refractivity contribution in [1.82, 2.24) is 10.2 Å². The molecule has 2 aliphatic rings. The van der Waals surface area contributed by atoms with E-state index in [1.165, 1.54) is 5.56 Å². The van der Waals surface area contributed by atoms with Crippen molar-refractivity contribution in [2.75, 3.05) is 27.3 Å². The topological polar surface area (TPSA) is 50.8 Å². The third-order valence-corrected chi connectivity index (χ3v) is 6.68. The number of hydrogen-bond donors (Lipinski definition) is 1. The second kappa shape index (κ2) is 7.52. The van der Waals surface area contributed by atoms with Gasteiger partial charge in [0.2, 0.25) is 0 Å². The molecule has 4 rings (SSSR count). The lowest BCUT2D eigenvalue weighted by Gasteiger charge is -2.30. The van der Waals surface area contributed by atoms with Crippen LogP contribution < -0.4 is 14.8 Å². The molecule has 6 heteroatoms. The maximum atomic E-state index is 13.6. The minimum Gasteiger partial charge on any atom is -0.493 e. The molecule has 0 radical (unpaired) electrons. The highest BCUT2D eigenvalue weighted by atomic mass is 32.1. The molecule has 2 aromatic rings. The largest absolute Gasteiger partial charge is 0.493 e. The van der Waals surface area contributed by atoms with Crippen molar-refractivity contribution in [2.45, 2.75) is 31.8 Å². The summed E-state index contributed by atoms with van der Waals surface area (Å²) in [6.45, 7) is 2.72. The quantitative estimate of drug-likeness (QED) is 0.825. The zero-order valence-electron chi connectivity index (χ0n) is 15.9. The molecule has 1 aliphatic heterocycles. The van der Waals surface area contributed by atoms with Crippen LogP contribution in [0.3, 0.4) is 0 Å². The Morgan fingerprint density at radius 2 is 2.07 bits per heavy atom. The van der Waals surface area contributed by atoms with Crippen LogP contribution in [-0.2, 0) is 6.54 Å². The van der Waals surface area contributed by atoms with Crippen LogP contribution >= 0.6 is 11.3 Å². The molecular weight excluding hydrogens is 360 g/mol. The van der Waals surface area contributed by atoms with E-state index in [1.807, 2.05) is 18.2 Å². The van der Waals surface area contributed by atoms with Crippen LogP contribution in [0.4, 0.5) is 0 Å².